The van der Waals surface area contributed by atoms with Crippen molar-refractivity contribution < 1.29 is 0 Å². The summed E-state index contributed by atoms with van der Waals surface area (Å²) in [6, 6.07) is 17.8. The summed E-state index contributed by atoms with van der Waals surface area (Å²) in [5, 5.41) is 7.38. The van der Waals surface area contributed by atoms with Crippen LogP contribution in [0.4, 0.5) is 0 Å². The van der Waals surface area contributed by atoms with Crippen molar-refractivity contribution in [3.05, 3.63) is 90.8 Å². The number of benzene rings is 3. The topological polar surface area (TPSA) is 17.8 Å². The first-order valence-electron chi connectivity index (χ1n) is 8.31. The van der Waals surface area contributed by atoms with Gasteiger partial charge in [0.15, 0.2) is 0 Å². The predicted molar refractivity (Wildman–Crippen MR) is 124 cm³/mol. The molecule has 0 amide bonds. The highest BCUT2D eigenvalue weighted by molar-refractivity contribution is 6.43. The SMILES string of the molecule is Clc1ccc(-c2nn(-c3ccccc3Cl)c(-c3ccc(Cl)c(Cl)c3)c2Cl)cc1Cl. The van der Waals surface area contributed by atoms with E-state index in [1.165, 1.54) is 0 Å². The van der Waals surface area contributed by atoms with E-state index < -0.39 is 0 Å². The molecule has 3 aromatic carbocycles. The highest BCUT2D eigenvalue weighted by Gasteiger charge is 2.22. The molecule has 4 rings (SSSR count). The molecule has 29 heavy (non-hydrogen) atoms. The molecule has 0 N–H and O–H groups in total. The number of rotatable bonds is 3. The zero-order chi connectivity index (χ0) is 20.7. The van der Waals surface area contributed by atoms with Gasteiger partial charge in [-0.15, -0.1) is 0 Å². The number of hydrogen-bond donors (Lipinski definition) is 0. The predicted octanol–water partition coefficient (Wildman–Crippen LogP) is 9.13. The summed E-state index contributed by atoms with van der Waals surface area (Å²) in [5.41, 5.74) is 3.29. The summed E-state index contributed by atoms with van der Waals surface area (Å²) in [4.78, 5) is 0. The van der Waals surface area contributed by atoms with Crippen LogP contribution in [-0.2, 0) is 0 Å². The monoisotopic (exact) mass is 500 g/mol. The number of halogens is 6. The molecule has 0 bridgehead atoms. The average molecular weight is 503 g/mol. The van der Waals surface area contributed by atoms with Crippen LogP contribution in [0.15, 0.2) is 60.7 Å². The van der Waals surface area contributed by atoms with E-state index in [0.29, 0.717) is 47.2 Å². The van der Waals surface area contributed by atoms with Gasteiger partial charge < -0.3 is 0 Å². The Labute approximate surface area is 197 Å². The lowest BCUT2D eigenvalue weighted by molar-refractivity contribution is 0.892. The van der Waals surface area contributed by atoms with Crippen molar-refractivity contribution >= 4 is 69.6 Å². The first kappa shape index (κ1) is 20.9. The quantitative estimate of drug-likeness (QED) is 0.273. The largest absolute Gasteiger partial charge is 0.229 e. The smallest absolute Gasteiger partial charge is 0.112 e. The Kier molecular flexibility index (Phi) is 6.04. The maximum Gasteiger partial charge on any atom is 0.112 e. The molecule has 8 heteroatoms. The van der Waals surface area contributed by atoms with E-state index in [2.05, 4.69) is 0 Å². The van der Waals surface area contributed by atoms with Gasteiger partial charge >= 0.3 is 0 Å². The third-order valence-corrected chi connectivity index (χ3v) is 6.45. The summed E-state index contributed by atoms with van der Waals surface area (Å²) in [7, 11) is 0. The lowest BCUT2D eigenvalue weighted by Crippen LogP contribution is -2.00. The minimum absolute atomic E-state index is 0.406. The van der Waals surface area contributed by atoms with Crippen LogP contribution in [-0.4, -0.2) is 9.78 Å². The molecular formula is C21H10Cl6N2. The van der Waals surface area contributed by atoms with Gasteiger partial charge in [-0.25, -0.2) is 4.68 Å². The fourth-order valence-electron chi connectivity index (χ4n) is 2.92. The normalized spacial score (nSPS) is 11.1. The Balaban J connectivity index is 2.02. The average Bonchev–Trinajstić information content (AvgIpc) is 3.03. The maximum atomic E-state index is 6.81. The van der Waals surface area contributed by atoms with Crippen LogP contribution in [0.3, 0.4) is 0 Å². The molecule has 1 aromatic heterocycles. The van der Waals surface area contributed by atoms with Crippen molar-refractivity contribution in [1.29, 1.82) is 0 Å². The van der Waals surface area contributed by atoms with Gasteiger partial charge in [-0.2, -0.15) is 5.10 Å². The van der Waals surface area contributed by atoms with E-state index in [1.807, 2.05) is 24.3 Å². The van der Waals surface area contributed by atoms with E-state index in [4.69, 9.17) is 74.7 Å². The molecule has 146 valence electrons. The summed E-state index contributed by atoms with van der Waals surface area (Å²) in [5.74, 6) is 0. The van der Waals surface area contributed by atoms with Crippen molar-refractivity contribution in [2.45, 2.75) is 0 Å². The van der Waals surface area contributed by atoms with E-state index in [0.717, 1.165) is 11.1 Å². The van der Waals surface area contributed by atoms with E-state index >= 15 is 0 Å². The molecule has 0 unspecified atom stereocenters. The van der Waals surface area contributed by atoms with Crippen LogP contribution in [0.25, 0.3) is 28.2 Å². The molecule has 1 heterocycles. The molecule has 0 saturated carbocycles. The van der Waals surface area contributed by atoms with Gasteiger partial charge in [0.25, 0.3) is 0 Å². The fourth-order valence-corrected chi connectivity index (χ4v) is 4.07. The van der Waals surface area contributed by atoms with Gasteiger partial charge in [0.1, 0.15) is 5.69 Å². The summed E-state index contributed by atoms with van der Waals surface area (Å²) in [6.45, 7) is 0. The Hall–Kier alpha value is -1.39. The molecular weight excluding hydrogens is 493 g/mol. The Morgan fingerprint density at radius 3 is 1.79 bits per heavy atom. The molecule has 4 aromatic rings. The molecule has 0 saturated heterocycles. The second-order valence-electron chi connectivity index (χ2n) is 6.13. The number of nitrogens with zero attached hydrogens (tertiary/aromatic N) is 2. The summed E-state index contributed by atoms with van der Waals surface area (Å²) < 4.78 is 1.68. The van der Waals surface area contributed by atoms with Crippen molar-refractivity contribution in [2.75, 3.05) is 0 Å². The number of hydrogen-bond acceptors (Lipinski definition) is 1. The summed E-state index contributed by atoms with van der Waals surface area (Å²) >= 11 is 37.8. The lowest BCUT2D eigenvalue weighted by atomic mass is 10.1. The first-order valence-corrected chi connectivity index (χ1v) is 10.6. The molecule has 0 fully saturated rings. The number of para-hydroxylation sites is 1. The minimum atomic E-state index is 0.406. The molecule has 0 radical (unpaired) electrons. The molecule has 0 atom stereocenters. The Bertz CT molecular complexity index is 1230. The molecule has 0 aliphatic carbocycles. The standard InChI is InChI=1S/C21H10Cl6N2/c22-13-7-5-11(9-16(13)25)20-19(27)21(12-6-8-14(23)17(26)10-12)29(28-20)18-4-2-1-3-15(18)24/h1-10H. The highest BCUT2D eigenvalue weighted by Crippen LogP contribution is 2.41. The third kappa shape index (κ3) is 3.98. The summed E-state index contributed by atoms with van der Waals surface area (Å²) in [6.07, 6.45) is 0. The van der Waals surface area contributed by atoms with Gasteiger partial charge in [0, 0.05) is 11.1 Å². The Morgan fingerprint density at radius 1 is 0.586 bits per heavy atom. The van der Waals surface area contributed by atoms with Gasteiger partial charge in [-0.05, 0) is 36.4 Å². The molecule has 0 aliphatic rings. The highest BCUT2D eigenvalue weighted by atomic mass is 35.5. The van der Waals surface area contributed by atoms with Crippen LogP contribution >= 0.6 is 69.6 Å². The van der Waals surface area contributed by atoms with Gasteiger partial charge in [-0.1, -0.05) is 93.9 Å². The van der Waals surface area contributed by atoms with Crippen molar-refractivity contribution in [1.82, 2.24) is 9.78 Å². The third-order valence-electron chi connectivity index (χ3n) is 4.29. The van der Waals surface area contributed by atoms with Crippen molar-refractivity contribution in [3.63, 3.8) is 0 Å². The van der Waals surface area contributed by atoms with Crippen LogP contribution in [0.1, 0.15) is 0 Å². The zero-order valence-electron chi connectivity index (χ0n) is 14.4. The zero-order valence-corrected chi connectivity index (χ0v) is 19.0. The van der Waals surface area contributed by atoms with E-state index in [-0.39, 0.29) is 0 Å². The minimum Gasteiger partial charge on any atom is -0.229 e. The second-order valence-corrected chi connectivity index (χ2v) is 8.55. The van der Waals surface area contributed by atoms with E-state index in [9.17, 15) is 0 Å². The fraction of sp³-hybridized carbons (Fsp3) is 0. The molecule has 0 spiro atoms. The van der Waals surface area contributed by atoms with E-state index in [1.54, 1.807) is 41.1 Å². The van der Waals surface area contributed by atoms with Crippen LogP contribution < -0.4 is 0 Å². The van der Waals surface area contributed by atoms with Crippen LogP contribution in [0, 0.1) is 0 Å². The second kappa shape index (κ2) is 8.39. The maximum absolute atomic E-state index is 6.81. The first-order chi connectivity index (χ1) is 13.9. The number of aromatic nitrogens is 2. The Morgan fingerprint density at radius 2 is 1.17 bits per heavy atom. The molecule has 0 aliphatic heterocycles. The van der Waals surface area contributed by atoms with Gasteiger partial charge in [0.05, 0.1) is 41.5 Å². The van der Waals surface area contributed by atoms with Crippen molar-refractivity contribution in [3.8, 4) is 28.2 Å². The van der Waals surface area contributed by atoms with Gasteiger partial charge in [-0.3, -0.25) is 0 Å². The molecule has 2 nitrogen and oxygen atoms in total. The lowest BCUT2D eigenvalue weighted by Gasteiger charge is -2.10. The van der Waals surface area contributed by atoms with Crippen LogP contribution in [0.2, 0.25) is 30.1 Å². The van der Waals surface area contributed by atoms with Crippen LogP contribution in [0.5, 0.6) is 0 Å². The van der Waals surface area contributed by atoms with Gasteiger partial charge in [0.2, 0.25) is 0 Å². The van der Waals surface area contributed by atoms with Crippen molar-refractivity contribution in [2.24, 2.45) is 0 Å².